The van der Waals surface area contributed by atoms with E-state index >= 15 is 0 Å². The Labute approximate surface area is 115 Å². The summed E-state index contributed by atoms with van der Waals surface area (Å²) in [5.74, 6) is 1.35. The summed E-state index contributed by atoms with van der Waals surface area (Å²) in [4.78, 5) is 11.3. The number of anilines is 1. The molecule has 1 aliphatic rings. The Hall–Kier alpha value is -0.830. The maximum atomic E-state index is 5.83. The molecule has 0 aliphatic carbocycles. The summed E-state index contributed by atoms with van der Waals surface area (Å²) in [5, 5.41) is 0. The van der Waals surface area contributed by atoms with E-state index in [0.29, 0.717) is 11.3 Å². The average molecular weight is 268 g/mol. The molecule has 0 aromatic carbocycles. The normalized spacial score (nSPS) is 19.0. The third kappa shape index (κ3) is 2.77. The van der Waals surface area contributed by atoms with Crippen LogP contribution in [-0.4, -0.2) is 23.1 Å². The van der Waals surface area contributed by atoms with Crippen molar-refractivity contribution in [2.24, 2.45) is 5.41 Å². The first-order valence-corrected chi connectivity index (χ1v) is 7.25. The lowest BCUT2D eigenvalue weighted by atomic mass is 9.78. The summed E-state index contributed by atoms with van der Waals surface area (Å²) in [6, 6.07) is 0. The van der Waals surface area contributed by atoms with Gasteiger partial charge in [-0.25, -0.2) is 9.97 Å². The van der Waals surface area contributed by atoms with E-state index in [0.717, 1.165) is 30.3 Å². The van der Waals surface area contributed by atoms with Gasteiger partial charge in [0, 0.05) is 30.5 Å². The minimum Gasteiger partial charge on any atom is -0.341 e. The highest BCUT2D eigenvalue weighted by Crippen LogP contribution is 2.34. The smallest absolute Gasteiger partial charge is 0.225 e. The average Bonchev–Trinajstić information content (AvgIpc) is 2.39. The van der Waals surface area contributed by atoms with E-state index < -0.39 is 0 Å². The molecule has 2 rings (SSSR count). The highest BCUT2D eigenvalue weighted by atomic mass is 35.5. The zero-order valence-electron chi connectivity index (χ0n) is 11.5. The van der Waals surface area contributed by atoms with E-state index in [1.54, 1.807) is 0 Å². The van der Waals surface area contributed by atoms with Gasteiger partial charge in [-0.05, 0) is 25.2 Å². The second kappa shape index (κ2) is 5.43. The first kappa shape index (κ1) is 13.6. The number of hydrogen-bond donors (Lipinski definition) is 0. The van der Waals surface area contributed by atoms with Crippen molar-refractivity contribution in [3.05, 3.63) is 17.5 Å². The molecule has 0 spiro atoms. The van der Waals surface area contributed by atoms with Crippen LogP contribution in [0.15, 0.2) is 6.20 Å². The highest BCUT2D eigenvalue weighted by molar-refractivity contribution is 6.17. The molecule has 18 heavy (non-hydrogen) atoms. The molecule has 0 bridgehead atoms. The summed E-state index contributed by atoms with van der Waals surface area (Å²) < 4.78 is 0. The molecule has 2 heterocycles. The van der Waals surface area contributed by atoms with E-state index in [9.17, 15) is 0 Å². The van der Waals surface area contributed by atoms with Crippen molar-refractivity contribution in [2.75, 3.05) is 18.0 Å². The fraction of sp³-hybridized carbons (Fsp3) is 0.714. The molecule has 0 unspecified atom stereocenters. The van der Waals surface area contributed by atoms with Crippen LogP contribution in [0, 0.1) is 12.3 Å². The van der Waals surface area contributed by atoms with Crippen molar-refractivity contribution in [1.82, 2.24) is 9.97 Å². The predicted molar refractivity (Wildman–Crippen MR) is 76.2 cm³/mol. The number of aryl methyl sites for hydroxylation is 1. The van der Waals surface area contributed by atoms with Gasteiger partial charge in [0.15, 0.2) is 0 Å². The number of piperidine rings is 1. The van der Waals surface area contributed by atoms with E-state index in [-0.39, 0.29) is 0 Å². The minimum absolute atomic E-state index is 0.486. The maximum Gasteiger partial charge on any atom is 0.225 e. The Morgan fingerprint density at radius 1 is 1.39 bits per heavy atom. The predicted octanol–water partition coefficient (Wildman–Crippen LogP) is 3.54. The summed E-state index contributed by atoms with van der Waals surface area (Å²) in [6.07, 6.45) is 5.57. The third-order valence-corrected chi connectivity index (χ3v) is 4.61. The summed E-state index contributed by atoms with van der Waals surface area (Å²) in [6.45, 7) is 8.79. The summed E-state index contributed by atoms with van der Waals surface area (Å²) in [5.41, 5.74) is 2.52. The van der Waals surface area contributed by atoms with Crippen molar-refractivity contribution >= 4 is 17.5 Å². The van der Waals surface area contributed by atoms with Crippen LogP contribution < -0.4 is 4.90 Å². The Bertz CT molecular complexity index is 412. The third-order valence-electron chi connectivity index (χ3n) is 4.32. The summed E-state index contributed by atoms with van der Waals surface area (Å²) in [7, 11) is 0. The second-order valence-electron chi connectivity index (χ2n) is 5.57. The van der Waals surface area contributed by atoms with Gasteiger partial charge in [-0.15, -0.1) is 11.6 Å². The van der Waals surface area contributed by atoms with Gasteiger partial charge in [-0.3, -0.25) is 0 Å². The van der Waals surface area contributed by atoms with Gasteiger partial charge in [-0.2, -0.15) is 0 Å². The van der Waals surface area contributed by atoms with Crippen LogP contribution in [0.1, 0.15) is 44.4 Å². The molecule has 1 aromatic heterocycles. The Kier molecular flexibility index (Phi) is 4.10. The number of halogens is 1. The van der Waals surface area contributed by atoms with Gasteiger partial charge in [0.2, 0.25) is 5.95 Å². The number of aromatic nitrogens is 2. The largest absolute Gasteiger partial charge is 0.341 e. The van der Waals surface area contributed by atoms with Crippen molar-refractivity contribution in [3.63, 3.8) is 0 Å². The fourth-order valence-electron chi connectivity index (χ4n) is 2.36. The van der Waals surface area contributed by atoms with E-state index in [2.05, 4.69) is 28.7 Å². The Morgan fingerprint density at radius 3 is 2.56 bits per heavy atom. The SMILES string of the molecule is CCC1(C)CCN(c2ncc(CCl)c(C)n2)CC1. The van der Waals surface area contributed by atoms with Crippen molar-refractivity contribution in [2.45, 2.75) is 45.9 Å². The van der Waals surface area contributed by atoms with Crippen molar-refractivity contribution in [1.29, 1.82) is 0 Å². The van der Waals surface area contributed by atoms with Crippen LogP contribution >= 0.6 is 11.6 Å². The van der Waals surface area contributed by atoms with Crippen molar-refractivity contribution < 1.29 is 0 Å². The molecule has 4 heteroatoms. The topological polar surface area (TPSA) is 29.0 Å². The minimum atomic E-state index is 0.486. The van der Waals surface area contributed by atoms with Gasteiger partial charge >= 0.3 is 0 Å². The molecule has 3 nitrogen and oxygen atoms in total. The molecule has 0 radical (unpaired) electrons. The molecule has 0 saturated carbocycles. The molecule has 0 atom stereocenters. The molecule has 100 valence electrons. The second-order valence-corrected chi connectivity index (χ2v) is 5.83. The molecule has 1 fully saturated rings. The first-order chi connectivity index (χ1) is 8.58. The van der Waals surface area contributed by atoms with Gasteiger partial charge < -0.3 is 4.90 Å². The molecule has 1 saturated heterocycles. The van der Waals surface area contributed by atoms with Gasteiger partial charge in [-0.1, -0.05) is 20.3 Å². The van der Waals surface area contributed by atoms with Crippen LogP contribution in [0.25, 0.3) is 0 Å². The Morgan fingerprint density at radius 2 is 2.06 bits per heavy atom. The number of rotatable bonds is 3. The maximum absolute atomic E-state index is 5.83. The molecule has 1 aliphatic heterocycles. The van der Waals surface area contributed by atoms with E-state index in [4.69, 9.17) is 11.6 Å². The standard InChI is InChI=1S/C14H22ClN3/c1-4-14(3)5-7-18(8-6-14)13-16-10-12(9-15)11(2)17-13/h10H,4-9H2,1-3H3. The van der Waals surface area contributed by atoms with Crippen LogP contribution in [0.3, 0.4) is 0 Å². The van der Waals surface area contributed by atoms with Crippen LogP contribution in [-0.2, 0) is 5.88 Å². The van der Waals surface area contributed by atoms with E-state index in [1.807, 2.05) is 13.1 Å². The fourth-order valence-corrected chi connectivity index (χ4v) is 2.63. The molecule has 0 N–H and O–H groups in total. The van der Waals surface area contributed by atoms with Gasteiger partial charge in [0.25, 0.3) is 0 Å². The lowest BCUT2D eigenvalue weighted by Gasteiger charge is -2.38. The molecular formula is C14H22ClN3. The lowest BCUT2D eigenvalue weighted by Crippen LogP contribution is -2.39. The van der Waals surface area contributed by atoms with Crippen molar-refractivity contribution in [3.8, 4) is 0 Å². The summed E-state index contributed by atoms with van der Waals surface area (Å²) >= 11 is 5.83. The zero-order valence-corrected chi connectivity index (χ0v) is 12.3. The first-order valence-electron chi connectivity index (χ1n) is 6.71. The van der Waals surface area contributed by atoms with Crippen LogP contribution in [0.4, 0.5) is 5.95 Å². The Balaban J connectivity index is 2.08. The number of alkyl halides is 1. The monoisotopic (exact) mass is 267 g/mol. The zero-order chi connectivity index (χ0) is 13.2. The number of nitrogens with zero attached hydrogens (tertiary/aromatic N) is 3. The number of hydrogen-bond acceptors (Lipinski definition) is 3. The molecular weight excluding hydrogens is 246 g/mol. The van der Waals surface area contributed by atoms with Gasteiger partial charge in [0.05, 0.1) is 5.88 Å². The van der Waals surface area contributed by atoms with E-state index in [1.165, 1.54) is 19.3 Å². The van der Waals surface area contributed by atoms with Crippen LogP contribution in [0.2, 0.25) is 0 Å². The molecule has 0 amide bonds. The van der Waals surface area contributed by atoms with Crippen LogP contribution in [0.5, 0.6) is 0 Å². The quantitative estimate of drug-likeness (QED) is 0.785. The lowest BCUT2D eigenvalue weighted by molar-refractivity contribution is 0.237. The van der Waals surface area contributed by atoms with Gasteiger partial charge in [0.1, 0.15) is 0 Å². The highest BCUT2D eigenvalue weighted by Gasteiger charge is 2.29. The molecule has 1 aromatic rings.